The van der Waals surface area contributed by atoms with Crippen LogP contribution in [0.5, 0.6) is 5.75 Å². The Morgan fingerprint density at radius 3 is 2.59 bits per heavy atom. The zero-order valence-electron chi connectivity index (χ0n) is 18.1. The number of carbonyl (C=O) groups is 2. The van der Waals surface area contributed by atoms with Crippen molar-refractivity contribution in [3.05, 3.63) is 65.6 Å². The van der Waals surface area contributed by atoms with Crippen molar-refractivity contribution in [2.75, 3.05) is 23.9 Å². The number of hydrogen-bond donors (Lipinski definition) is 1. The van der Waals surface area contributed by atoms with Gasteiger partial charge < -0.3 is 15.0 Å². The predicted molar refractivity (Wildman–Crippen MR) is 118 cm³/mol. The van der Waals surface area contributed by atoms with E-state index in [1.165, 1.54) is 12.1 Å². The summed E-state index contributed by atoms with van der Waals surface area (Å²) in [6.07, 6.45) is 1.50. The highest BCUT2D eigenvalue weighted by Gasteiger charge is 2.57. The van der Waals surface area contributed by atoms with Crippen molar-refractivity contribution in [1.82, 2.24) is 9.78 Å². The molecule has 2 aliphatic rings. The van der Waals surface area contributed by atoms with Crippen LogP contribution in [0.2, 0.25) is 0 Å². The van der Waals surface area contributed by atoms with Crippen LogP contribution in [-0.4, -0.2) is 35.2 Å². The molecule has 1 spiro atoms. The Morgan fingerprint density at radius 1 is 1.16 bits per heavy atom. The molecule has 1 atom stereocenters. The van der Waals surface area contributed by atoms with E-state index >= 15 is 0 Å². The molecule has 2 amide bonds. The number of methoxy groups -OCH3 is 1. The van der Waals surface area contributed by atoms with Gasteiger partial charge in [0.15, 0.2) is 0 Å². The molecule has 164 valence electrons. The van der Waals surface area contributed by atoms with Crippen molar-refractivity contribution in [3.8, 4) is 11.4 Å². The number of halogens is 1. The largest absolute Gasteiger partial charge is 0.497 e. The van der Waals surface area contributed by atoms with Gasteiger partial charge in [0.1, 0.15) is 22.8 Å². The summed E-state index contributed by atoms with van der Waals surface area (Å²) in [6.45, 7) is 4.51. The third kappa shape index (κ3) is 2.82. The van der Waals surface area contributed by atoms with Gasteiger partial charge in [-0.05, 0) is 53.9 Å². The average molecular weight is 434 g/mol. The van der Waals surface area contributed by atoms with E-state index in [1.807, 2.05) is 26.0 Å². The first-order chi connectivity index (χ1) is 15.3. The maximum Gasteiger partial charge on any atom is 0.242 e. The number of amides is 2. The van der Waals surface area contributed by atoms with Gasteiger partial charge in [0.05, 0.1) is 19.0 Å². The van der Waals surface area contributed by atoms with E-state index in [0.29, 0.717) is 40.6 Å². The second kappa shape index (κ2) is 7.19. The minimum Gasteiger partial charge on any atom is -0.497 e. The van der Waals surface area contributed by atoms with Crippen molar-refractivity contribution < 1.29 is 18.7 Å². The molecule has 8 heteroatoms. The van der Waals surface area contributed by atoms with Crippen molar-refractivity contribution in [1.29, 1.82) is 0 Å². The first-order valence-electron chi connectivity index (χ1n) is 10.5. The highest BCUT2D eigenvalue weighted by molar-refractivity contribution is 6.15. The van der Waals surface area contributed by atoms with Gasteiger partial charge in [-0.15, -0.1) is 0 Å². The van der Waals surface area contributed by atoms with Crippen molar-refractivity contribution in [2.45, 2.75) is 25.7 Å². The summed E-state index contributed by atoms with van der Waals surface area (Å²) in [4.78, 5) is 28.5. The quantitative estimate of drug-likeness (QED) is 0.680. The molecule has 7 nitrogen and oxygen atoms in total. The van der Waals surface area contributed by atoms with Gasteiger partial charge in [0, 0.05) is 24.2 Å². The summed E-state index contributed by atoms with van der Waals surface area (Å²) in [5, 5.41) is 7.36. The lowest BCUT2D eigenvalue weighted by atomic mass is 9.71. The van der Waals surface area contributed by atoms with E-state index in [4.69, 9.17) is 4.74 Å². The minimum absolute atomic E-state index is 0.0990. The topological polar surface area (TPSA) is 76.5 Å². The first-order valence-corrected chi connectivity index (χ1v) is 10.5. The van der Waals surface area contributed by atoms with E-state index < -0.39 is 11.2 Å². The van der Waals surface area contributed by atoms with E-state index in [1.54, 1.807) is 41.1 Å². The van der Waals surface area contributed by atoms with Gasteiger partial charge >= 0.3 is 0 Å². The van der Waals surface area contributed by atoms with Gasteiger partial charge in [-0.2, -0.15) is 5.10 Å². The van der Waals surface area contributed by atoms with Crippen molar-refractivity contribution in [3.63, 3.8) is 0 Å². The number of anilines is 2. The molecule has 1 aromatic heterocycles. The fraction of sp³-hybridized carbons (Fsp3) is 0.292. The highest BCUT2D eigenvalue weighted by Crippen LogP contribution is 2.52. The molecule has 0 bridgehead atoms. The molecule has 0 radical (unpaired) electrons. The van der Waals surface area contributed by atoms with Gasteiger partial charge in [-0.25, -0.2) is 9.07 Å². The molecule has 1 N–H and O–H groups in total. The number of ether oxygens (including phenoxy) is 1. The van der Waals surface area contributed by atoms with Crippen LogP contribution in [0.1, 0.15) is 31.4 Å². The van der Waals surface area contributed by atoms with E-state index in [2.05, 4.69) is 10.4 Å². The number of rotatable bonds is 4. The number of carbonyl (C=O) groups excluding carboxylic acids is 2. The summed E-state index contributed by atoms with van der Waals surface area (Å²) < 4.78 is 21.2. The number of fused-ring (bicyclic) bond motifs is 4. The van der Waals surface area contributed by atoms with Crippen LogP contribution in [0.4, 0.5) is 15.9 Å². The predicted octanol–water partition coefficient (Wildman–Crippen LogP) is 3.65. The molecular formula is C24H23FN4O3. The number of aromatic nitrogens is 2. The van der Waals surface area contributed by atoms with Crippen molar-refractivity contribution >= 4 is 23.3 Å². The summed E-state index contributed by atoms with van der Waals surface area (Å²) in [5.41, 5.74) is 1.11. The molecule has 0 unspecified atom stereocenters. The minimum atomic E-state index is -1.31. The monoisotopic (exact) mass is 434 g/mol. The lowest BCUT2D eigenvalue weighted by Gasteiger charge is -2.32. The Labute approximate surface area is 184 Å². The lowest BCUT2D eigenvalue weighted by molar-refractivity contribution is -0.126. The molecule has 0 saturated carbocycles. The van der Waals surface area contributed by atoms with Gasteiger partial charge in [0.25, 0.3) is 0 Å². The molecule has 2 aromatic carbocycles. The van der Waals surface area contributed by atoms with Crippen LogP contribution in [0, 0.1) is 11.7 Å². The third-order valence-corrected chi connectivity index (χ3v) is 6.10. The fourth-order valence-corrected chi connectivity index (χ4v) is 4.73. The normalized spacial score (nSPS) is 19.3. The van der Waals surface area contributed by atoms with Gasteiger partial charge in [-0.3, -0.25) is 9.59 Å². The van der Waals surface area contributed by atoms with Crippen LogP contribution < -0.4 is 15.0 Å². The standard InChI is InChI=1S/C24H23FN4O3/c1-14(2)13-28-20-9-4-15(25)10-18(20)24(23(28)31)11-21(30)27-22-19(24)12-26-29(22)16-5-7-17(32-3)8-6-16/h4-10,12,14H,11,13H2,1-3H3,(H,27,30)/t24-/m1/s1. The molecule has 3 heterocycles. The Hall–Kier alpha value is -3.68. The second-order valence-corrected chi connectivity index (χ2v) is 8.62. The molecule has 0 fully saturated rings. The highest BCUT2D eigenvalue weighted by atomic mass is 19.1. The summed E-state index contributed by atoms with van der Waals surface area (Å²) in [6, 6.07) is 11.6. The van der Waals surface area contributed by atoms with Gasteiger partial charge in [0.2, 0.25) is 11.8 Å². The molecule has 2 aliphatic heterocycles. The Morgan fingerprint density at radius 2 is 1.91 bits per heavy atom. The third-order valence-electron chi connectivity index (χ3n) is 6.10. The average Bonchev–Trinajstić information content (AvgIpc) is 3.28. The summed E-state index contributed by atoms with van der Waals surface area (Å²) in [7, 11) is 1.58. The lowest BCUT2D eigenvalue weighted by Crippen LogP contribution is -2.47. The van der Waals surface area contributed by atoms with Crippen LogP contribution in [0.25, 0.3) is 5.69 Å². The molecule has 32 heavy (non-hydrogen) atoms. The summed E-state index contributed by atoms with van der Waals surface area (Å²) in [5.74, 6) is 0.319. The van der Waals surface area contributed by atoms with Crippen LogP contribution in [0.3, 0.4) is 0 Å². The number of benzene rings is 2. The number of hydrogen-bond acceptors (Lipinski definition) is 4. The zero-order valence-corrected chi connectivity index (χ0v) is 18.1. The maximum atomic E-state index is 14.4. The fourth-order valence-electron chi connectivity index (χ4n) is 4.73. The SMILES string of the molecule is COc1ccc(-n2ncc3c2NC(=O)C[C@]32C(=O)N(CC(C)C)c3ccc(F)cc32)cc1. The Balaban J connectivity index is 1.72. The molecule has 5 rings (SSSR count). The smallest absolute Gasteiger partial charge is 0.242 e. The summed E-state index contributed by atoms with van der Waals surface area (Å²) >= 11 is 0. The van der Waals surface area contributed by atoms with E-state index in [9.17, 15) is 14.0 Å². The Kier molecular flexibility index (Phi) is 4.54. The van der Waals surface area contributed by atoms with E-state index in [-0.39, 0.29) is 24.2 Å². The first kappa shape index (κ1) is 20.2. The van der Waals surface area contributed by atoms with Gasteiger partial charge in [-0.1, -0.05) is 13.8 Å². The maximum absolute atomic E-state index is 14.4. The molecular weight excluding hydrogens is 411 g/mol. The number of nitrogens with one attached hydrogen (secondary N) is 1. The molecule has 0 aliphatic carbocycles. The van der Waals surface area contributed by atoms with Crippen molar-refractivity contribution in [2.24, 2.45) is 5.92 Å². The zero-order chi connectivity index (χ0) is 22.6. The molecule has 3 aromatic rings. The van der Waals surface area contributed by atoms with E-state index in [0.717, 1.165) is 0 Å². The molecule has 0 saturated heterocycles. The second-order valence-electron chi connectivity index (χ2n) is 8.62. The van der Waals surface area contributed by atoms with Crippen LogP contribution in [0.15, 0.2) is 48.7 Å². The van der Waals surface area contributed by atoms with Crippen LogP contribution in [-0.2, 0) is 15.0 Å². The number of nitrogens with zero attached hydrogens (tertiary/aromatic N) is 3. The van der Waals surface area contributed by atoms with Crippen LogP contribution >= 0.6 is 0 Å². The Bertz CT molecular complexity index is 1230.